The standard InChI is InChI=1S/C24H28N4O3/c1-19-8-11-26-22(16-19)5-2-20-3-6-23(7-4-20)31-24(29)27-13-9-21(10-14-27)17-30-28-15-12-25-18-28/h3-4,6-8,11-12,15-16,18,21H,2,5,9-10,13-14,17H2,1H3. The first kappa shape index (κ1) is 20.9. The summed E-state index contributed by atoms with van der Waals surface area (Å²) in [6.45, 7) is 4.06. The van der Waals surface area contributed by atoms with E-state index in [1.807, 2.05) is 36.5 Å². The molecule has 1 amide bonds. The van der Waals surface area contributed by atoms with E-state index in [1.54, 1.807) is 28.4 Å². The molecule has 1 aliphatic rings. The molecule has 0 bridgehead atoms. The van der Waals surface area contributed by atoms with E-state index in [2.05, 4.69) is 23.0 Å². The summed E-state index contributed by atoms with van der Waals surface area (Å²) in [5.41, 5.74) is 3.51. The smallest absolute Gasteiger partial charge is 0.413 e. The highest BCUT2D eigenvalue weighted by molar-refractivity contribution is 5.70. The Morgan fingerprint density at radius 3 is 2.61 bits per heavy atom. The van der Waals surface area contributed by atoms with E-state index in [1.165, 1.54) is 11.1 Å². The second kappa shape index (κ2) is 10.1. The number of pyridine rings is 1. The molecule has 2 aromatic heterocycles. The minimum atomic E-state index is -0.286. The number of aromatic nitrogens is 3. The van der Waals surface area contributed by atoms with Gasteiger partial charge in [0.2, 0.25) is 0 Å². The molecule has 1 aliphatic heterocycles. The molecule has 7 heteroatoms. The first-order valence-electron chi connectivity index (χ1n) is 10.7. The molecular formula is C24H28N4O3. The lowest BCUT2D eigenvalue weighted by atomic mass is 9.98. The monoisotopic (exact) mass is 420 g/mol. The van der Waals surface area contributed by atoms with Crippen LogP contribution in [0.4, 0.5) is 4.79 Å². The third-order valence-electron chi connectivity index (χ3n) is 5.58. The number of carbonyl (C=O) groups is 1. The Hall–Kier alpha value is -3.35. The molecule has 0 radical (unpaired) electrons. The van der Waals surface area contributed by atoms with Crippen LogP contribution in [0.5, 0.6) is 5.75 Å². The van der Waals surface area contributed by atoms with Gasteiger partial charge in [-0.05, 0) is 73.9 Å². The van der Waals surface area contributed by atoms with Crippen LogP contribution >= 0.6 is 0 Å². The molecule has 162 valence electrons. The van der Waals surface area contributed by atoms with E-state index in [0.29, 0.717) is 31.4 Å². The minimum Gasteiger partial charge on any atom is -0.413 e. The summed E-state index contributed by atoms with van der Waals surface area (Å²) in [7, 11) is 0. The highest BCUT2D eigenvalue weighted by Gasteiger charge is 2.24. The molecule has 0 unspecified atom stereocenters. The van der Waals surface area contributed by atoms with Crippen LogP contribution in [0.15, 0.2) is 61.3 Å². The fraction of sp³-hybridized carbons (Fsp3) is 0.375. The van der Waals surface area contributed by atoms with Crippen molar-refractivity contribution in [1.29, 1.82) is 0 Å². The van der Waals surface area contributed by atoms with Crippen molar-refractivity contribution in [3.8, 4) is 5.75 Å². The molecule has 31 heavy (non-hydrogen) atoms. The SMILES string of the molecule is Cc1ccnc(CCc2ccc(OC(=O)N3CCC(COn4ccnc4)CC3)cc2)c1. The molecule has 7 nitrogen and oxygen atoms in total. The zero-order valence-corrected chi connectivity index (χ0v) is 17.8. The van der Waals surface area contributed by atoms with Crippen molar-refractivity contribution in [2.45, 2.75) is 32.6 Å². The van der Waals surface area contributed by atoms with E-state index >= 15 is 0 Å². The average Bonchev–Trinajstić information content (AvgIpc) is 3.31. The maximum Gasteiger partial charge on any atom is 0.415 e. The van der Waals surface area contributed by atoms with E-state index in [9.17, 15) is 4.79 Å². The molecule has 1 saturated heterocycles. The number of ether oxygens (including phenoxy) is 1. The van der Waals surface area contributed by atoms with Crippen molar-refractivity contribution in [3.05, 3.63) is 78.1 Å². The second-order valence-electron chi connectivity index (χ2n) is 7.99. The van der Waals surface area contributed by atoms with Crippen molar-refractivity contribution < 1.29 is 14.4 Å². The molecule has 0 atom stereocenters. The highest BCUT2D eigenvalue weighted by atomic mass is 16.7. The largest absolute Gasteiger partial charge is 0.415 e. The fourth-order valence-corrected chi connectivity index (χ4v) is 3.69. The van der Waals surface area contributed by atoms with Crippen molar-refractivity contribution in [1.82, 2.24) is 19.6 Å². The Balaban J connectivity index is 1.20. The zero-order valence-electron chi connectivity index (χ0n) is 17.8. The highest BCUT2D eigenvalue weighted by Crippen LogP contribution is 2.20. The van der Waals surface area contributed by atoms with Gasteiger partial charge in [-0.3, -0.25) is 4.98 Å². The third-order valence-corrected chi connectivity index (χ3v) is 5.58. The summed E-state index contributed by atoms with van der Waals surface area (Å²) in [5, 5.41) is 0. The number of amides is 1. The van der Waals surface area contributed by atoms with Crippen molar-refractivity contribution >= 4 is 6.09 Å². The molecule has 3 aromatic rings. The number of rotatable bonds is 7. The maximum atomic E-state index is 12.5. The van der Waals surface area contributed by atoms with E-state index in [4.69, 9.17) is 9.57 Å². The number of imidazole rings is 1. The predicted molar refractivity (Wildman–Crippen MR) is 117 cm³/mol. The number of hydrogen-bond acceptors (Lipinski definition) is 5. The Kier molecular flexibility index (Phi) is 6.82. The van der Waals surface area contributed by atoms with Gasteiger partial charge in [-0.2, -0.15) is 4.73 Å². The van der Waals surface area contributed by atoms with Crippen LogP contribution in [0.2, 0.25) is 0 Å². The van der Waals surface area contributed by atoms with Crippen molar-refractivity contribution in [2.24, 2.45) is 5.92 Å². The normalized spacial score (nSPS) is 14.4. The molecule has 0 spiro atoms. The summed E-state index contributed by atoms with van der Waals surface area (Å²) >= 11 is 0. The molecule has 3 heterocycles. The fourth-order valence-electron chi connectivity index (χ4n) is 3.69. The van der Waals surface area contributed by atoms with Gasteiger partial charge in [0.05, 0.1) is 6.20 Å². The van der Waals surface area contributed by atoms with Gasteiger partial charge in [0.25, 0.3) is 0 Å². The summed E-state index contributed by atoms with van der Waals surface area (Å²) < 4.78 is 7.19. The summed E-state index contributed by atoms with van der Waals surface area (Å²) in [4.78, 5) is 28.3. The first-order chi connectivity index (χ1) is 15.2. The first-order valence-corrected chi connectivity index (χ1v) is 10.7. The van der Waals surface area contributed by atoms with E-state index in [-0.39, 0.29) is 6.09 Å². The van der Waals surface area contributed by atoms with E-state index in [0.717, 1.165) is 31.4 Å². The van der Waals surface area contributed by atoms with Gasteiger partial charge in [0, 0.05) is 31.2 Å². The van der Waals surface area contributed by atoms with Crippen LogP contribution in [0, 0.1) is 12.8 Å². The molecular weight excluding hydrogens is 392 g/mol. The molecule has 0 N–H and O–H groups in total. The van der Waals surface area contributed by atoms with Crippen LogP contribution in [0.3, 0.4) is 0 Å². The van der Waals surface area contributed by atoms with Crippen LogP contribution in [-0.4, -0.2) is 45.4 Å². The Morgan fingerprint density at radius 1 is 1.10 bits per heavy atom. The number of nitrogens with zero attached hydrogens (tertiary/aromatic N) is 4. The zero-order chi connectivity index (χ0) is 21.5. The minimum absolute atomic E-state index is 0.286. The van der Waals surface area contributed by atoms with Gasteiger partial charge in [-0.15, -0.1) is 0 Å². The molecule has 1 fully saturated rings. The number of aryl methyl sites for hydroxylation is 3. The number of likely N-dealkylation sites (tertiary alicyclic amines) is 1. The number of benzene rings is 1. The average molecular weight is 421 g/mol. The lowest BCUT2D eigenvalue weighted by Gasteiger charge is -2.30. The molecule has 0 saturated carbocycles. The van der Waals surface area contributed by atoms with Crippen LogP contribution in [0.1, 0.15) is 29.7 Å². The van der Waals surface area contributed by atoms with Gasteiger partial charge in [-0.1, -0.05) is 12.1 Å². The molecule has 0 aliphatic carbocycles. The quantitative estimate of drug-likeness (QED) is 0.583. The Morgan fingerprint density at radius 2 is 1.90 bits per heavy atom. The summed E-state index contributed by atoms with van der Waals surface area (Å²) in [5.74, 6) is 1.00. The van der Waals surface area contributed by atoms with Gasteiger partial charge < -0.3 is 14.5 Å². The van der Waals surface area contributed by atoms with Gasteiger partial charge in [-0.25, -0.2) is 9.78 Å². The number of piperidine rings is 1. The molecule has 4 rings (SSSR count). The second-order valence-corrected chi connectivity index (χ2v) is 7.99. The molecule has 1 aromatic carbocycles. The summed E-state index contributed by atoms with van der Waals surface area (Å²) in [6.07, 6.45) is 10.3. The van der Waals surface area contributed by atoms with Crippen LogP contribution in [0.25, 0.3) is 0 Å². The van der Waals surface area contributed by atoms with Gasteiger partial charge >= 0.3 is 6.09 Å². The maximum absolute atomic E-state index is 12.5. The summed E-state index contributed by atoms with van der Waals surface area (Å²) in [6, 6.07) is 11.9. The predicted octanol–water partition coefficient (Wildman–Crippen LogP) is 3.71. The Bertz CT molecular complexity index is 965. The van der Waals surface area contributed by atoms with Gasteiger partial charge in [0.15, 0.2) is 0 Å². The van der Waals surface area contributed by atoms with Gasteiger partial charge in [0.1, 0.15) is 18.7 Å². The van der Waals surface area contributed by atoms with E-state index < -0.39 is 0 Å². The topological polar surface area (TPSA) is 69.5 Å². The van der Waals surface area contributed by atoms with Crippen molar-refractivity contribution in [2.75, 3.05) is 19.7 Å². The lowest BCUT2D eigenvalue weighted by molar-refractivity contribution is 0.0541. The lowest BCUT2D eigenvalue weighted by Crippen LogP contribution is -2.41. The van der Waals surface area contributed by atoms with Crippen LogP contribution < -0.4 is 9.57 Å². The third kappa shape index (κ3) is 6.07. The van der Waals surface area contributed by atoms with Crippen LogP contribution in [-0.2, 0) is 12.8 Å². The number of hydrogen-bond donors (Lipinski definition) is 0. The van der Waals surface area contributed by atoms with Crippen molar-refractivity contribution in [3.63, 3.8) is 0 Å². The number of carbonyl (C=O) groups excluding carboxylic acids is 1. The Labute approximate surface area is 182 Å².